The van der Waals surface area contributed by atoms with Gasteiger partial charge in [0.2, 0.25) is 5.91 Å². The Bertz CT molecular complexity index is 727. The maximum atomic E-state index is 12.2. The number of hydrogen-bond donors (Lipinski definition) is 1. The molecular weight excluding hydrogens is 335 g/mol. The first-order chi connectivity index (χ1) is 10.8. The number of halogens is 2. The Morgan fingerprint density at radius 3 is 2.65 bits per heavy atom. The van der Waals surface area contributed by atoms with Gasteiger partial charge >= 0.3 is 0 Å². The molecular formula is C16H20Cl2N4O. The largest absolute Gasteiger partial charge is 0.324 e. The summed E-state index contributed by atoms with van der Waals surface area (Å²) in [6.45, 7) is 4.90. The summed E-state index contributed by atoms with van der Waals surface area (Å²) >= 11 is 12.0. The normalized spacial score (nSPS) is 11.1. The van der Waals surface area contributed by atoms with Gasteiger partial charge in [-0.25, -0.2) is 0 Å². The van der Waals surface area contributed by atoms with Crippen LogP contribution in [-0.4, -0.2) is 34.2 Å². The van der Waals surface area contributed by atoms with Gasteiger partial charge in [0.1, 0.15) is 0 Å². The molecule has 0 saturated carbocycles. The van der Waals surface area contributed by atoms with Crippen molar-refractivity contribution in [1.29, 1.82) is 0 Å². The first kappa shape index (κ1) is 17.8. The number of hydrogen-bond acceptors (Lipinski definition) is 3. The van der Waals surface area contributed by atoms with E-state index < -0.39 is 0 Å². The van der Waals surface area contributed by atoms with Gasteiger partial charge in [-0.1, -0.05) is 29.3 Å². The summed E-state index contributed by atoms with van der Waals surface area (Å²) in [6, 6.07) is 5.15. The lowest BCUT2D eigenvalue weighted by molar-refractivity contribution is -0.117. The first-order valence-electron chi connectivity index (χ1n) is 7.21. The number of carbonyl (C=O) groups excluding carboxylic acids is 1. The Labute approximate surface area is 146 Å². The average Bonchev–Trinajstić information content (AvgIpc) is 2.70. The van der Waals surface area contributed by atoms with Crippen LogP contribution in [0.2, 0.25) is 10.0 Å². The fourth-order valence-corrected chi connectivity index (χ4v) is 2.76. The Morgan fingerprint density at radius 1 is 1.35 bits per heavy atom. The van der Waals surface area contributed by atoms with Crippen molar-refractivity contribution in [2.45, 2.75) is 20.4 Å². The Kier molecular flexibility index (Phi) is 5.68. The molecule has 2 aromatic rings. The van der Waals surface area contributed by atoms with Gasteiger partial charge in [0.05, 0.1) is 28.0 Å². The molecule has 2 rings (SSSR count). The molecule has 0 aliphatic rings. The molecule has 0 fully saturated rings. The molecule has 1 heterocycles. The summed E-state index contributed by atoms with van der Waals surface area (Å²) in [5.41, 5.74) is 3.75. The van der Waals surface area contributed by atoms with E-state index in [1.165, 1.54) is 0 Å². The van der Waals surface area contributed by atoms with Crippen molar-refractivity contribution in [3.63, 3.8) is 0 Å². The van der Waals surface area contributed by atoms with Crippen LogP contribution >= 0.6 is 23.2 Å². The fraction of sp³-hybridized carbons (Fsp3) is 0.375. The average molecular weight is 355 g/mol. The molecule has 5 nitrogen and oxygen atoms in total. The lowest BCUT2D eigenvalue weighted by Crippen LogP contribution is -2.30. The third kappa shape index (κ3) is 4.25. The van der Waals surface area contributed by atoms with E-state index >= 15 is 0 Å². The zero-order chi connectivity index (χ0) is 17.1. The van der Waals surface area contributed by atoms with Gasteiger partial charge in [0.25, 0.3) is 0 Å². The Morgan fingerprint density at radius 2 is 2.04 bits per heavy atom. The number of likely N-dealkylation sites (N-methyl/N-ethyl adjacent to an activating group) is 1. The van der Waals surface area contributed by atoms with Gasteiger partial charge in [-0.05, 0) is 33.0 Å². The molecule has 0 saturated heterocycles. The van der Waals surface area contributed by atoms with Crippen molar-refractivity contribution in [3.8, 4) is 0 Å². The van der Waals surface area contributed by atoms with Crippen LogP contribution in [0.4, 0.5) is 5.69 Å². The number of aryl methyl sites for hydroxylation is 2. The number of rotatable bonds is 5. The predicted molar refractivity (Wildman–Crippen MR) is 94.1 cm³/mol. The maximum Gasteiger partial charge on any atom is 0.238 e. The molecule has 1 aromatic heterocycles. The lowest BCUT2D eigenvalue weighted by atomic mass is 10.2. The zero-order valence-corrected chi connectivity index (χ0v) is 15.2. The van der Waals surface area contributed by atoms with E-state index in [-0.39, 0.29) is 12.5 Å². The molecule has 23 heavy (non-hydrogen) atoms. The summed E-state index contributed by atoms with van der Waals surface area (Å²) in [4.78, 5) is 14.1. The monoisotopic (exact) mass is 354 g/mol. The number of nitrogens with one attached hydrogen (secondary N) is 1. The lowest BCUT2D eigenvalue weighted by Gasteiger charge is -2.17. The van der Waals surface area contributed by atoms with Crippen molar-refractivity contribution < 1.29 is 4.79 Å². The molecule has 7 heteroatoms. The first-order valence-corrected chi connectivity index (χ1v) is 7.96. The minimum atomic E-state index is -0.143. The van der Waals surface area contributed by atoms with E-state index in [9.17, 15) is 4.79 Å². The van der Waals surface area contributed by atoms with Crippen LogP contribution in [-0.2, 0) is 18.4 Å². The summed E-state index contributed by atoms with van der Waals surface area (Å²) < 4.78 is 1.85. The highest BCUT2D eigenvalue weighted by Gasteiger charge is 2.14. The smallest absolute Gasteiger partial charge is 0.238 e. The third-order valence-electron chi connectivity index (χ3n) is 3.73. The van der Waals surface area contributed by atoms with E-state index in [2.05, 4.69) is 10.4 Å². The minimum Gasteiger partial charge on any atom is -0.324 e. The van der Waals surface area contributed by atoms with E-state index in [0.717, 1.165) is 17.0 Å². The molecule has 0 bridgehead atoms. The number of anilines is 1. The van der Waals surface area contributed by atoms with Crippen molar-refractivity contribution in [1.82, 2.24) is 14.7 Å². The molecule has 1 amide bonds. The highest BCUT2D eigenvalue weighted by molar-refractivity contribution is 6.43. The zero-order valence-electron chi connectivity index (χ0n) is 13.7. The highest BCUT2D eigenvalue weighted by Crippen LogP contribution is 2.29. The van der Waals surface area contributed by atoms with Crippen LogP contribution in [0.5, 0.6) is 0 Å². The van der Waals surface area contributed by atoms with Gasteiger partial charge in [-0.3, -0.25) is 14.4 Å². The van der Waals surface area contributed by atoms with Crippen LogP contribution < -0.4 is 5.32 Å². The predicted octanol–water partition coefficient (Wildman–Crippen LogP) is 3.41. The number of amides is 1. The molecule has 0 atom stereocenters. The molecule has 0 aliphatic heterocycles. The van der Waals surface area contributed by atoms with Crippen molar-refractivity contribution in [2.24, 2.45) is 7.05 Å². The molecule has 0 spiro atoms. The molecule has 124 valence electrons. The molecule has 0 aliphatic carbocycles. The second-order valence-electron chi connectivity index (χ2n) is 5.59. The van der Waals surface area contributed by atoms with E-state index in [1.807, 2.05) is 37.5 Å². The van der Waals surface area contributed by atoms with E-state index in [1.54, 1.807) is 18.2 Å². The number of aromatic nitrogens is 2. The van der Waals surface area contributed by atoms with E-state index in [4.69, 9.17) is 23.2 Å². The topological polar surface area (TPSA) is 50.2 Å². The van der Waals surface area contributed by atoms with Crippen LogP contribution in [0.15, 0.2) is 18.2 Å². The minimum absolute atomic E-state index is 0.143. The number of carbonyl (C=O) groups is 1. The standard InChI is InChI=1S/C16H20Cl2N4O/c1-10-12(11(2)22(4)20-10)8-21(3)9-15(23)19-14-7-5-6-13(17)16(14)18/h5-7H,8-9H2,1-4H3,(H,19,23). The quantitative estimate of drug-likeness (QED) is 0.894. The Hall–Kier alpha value is -1.56. The SMILES string of the molecule is Cc1nn(C)c(C)c1CN(C)CC(=O)Nc1cccc(Cl)c1Cl. The molecule has 0 unspecified atom stereocenters. The summed E-state index contributed by atoms with van der Waals surface area (Å²) in [7, 11) is 3.81. The fourth-order valence-electron chi connectivity index (χ4n) is 2.41. The molecule has 1 aromatic carbocycles. The van der Waals surface area contributed by atoms with Crippen molar-refractivity contribution >= 4 is 34.8 Å². The molecule has 0 radical (unpaired) electrons. The Balaban J connectivity index is 1.98. The summed E-state index contributed by atoms with van der Waals surface area (Å²) in [6.07, 6.45) is 0. The van der Waals surface area contributed by atoms with Gasteiger partial charge < -0.3 is 5.32 Å². The van der Waals surface area contributed by atoms with Crippen LogP contribution in [0.3, 0.4) is 0 Å². The summed E-state index contributed by atoms with van der Waals surface area (Å²) in [5, 5.41) is 7.94. The highest BCUT2D eigenvalue weighted by atomic mass is 35.5. The second kappa shape index (κ2) is 7.34. The van der Waals surface area contributed by atoms with E-state index in [0.29, 0.717) is 22.3 Å². The summed E-state index contributed by atoms with van der Waals surface area (Å²) in [5.74, 6) is -0.143. The van der Waals surface area contributed by atoms with Crippen molar-refractivity contribution in [3.05, 3.63) is 45.2 Å². The van der Waals surface area contributed by atoms with Crippen LogP contribution in [0, 0.1) is 13.8 Å². The third-order valence-corrected chi connectivity index (χ3v) is 4.55. The number of benzene rings is 1. The maximum absolute atomic E-state index is 12.2. The van der Waals surface area contributed by atoms with Gasteiger partial charge in [-0.2, -0.15) is 5.10 Å². The van der Waals surface area contributed by atoms with Gasteiger partial charge in [0, 0.05) is 24.8 Å². The van der Waals surface area contributed by atoms with Crippen LogP contribution in [0.1, 0.15) is 17.0 Å². The molecule has 1 N–H and O–H groups in total. The van der Waals surface area contributed by atoms with Crippen molar-refractivity contribution in [2.75, 3.05) is 18.9 Å². The van der Waals surface area contributed by atoms with Crippen LogP contribution in [0.25, 0.3) is 0 Å². The van der Waals surface area contributed by atoms with Gasteiger partial charge in [-0.15, -0.1) is 0 Å². The number of nitrogens with zero attached hydrogens (tertiary/aromatic N) is 3. The second-order valence-corrected chi connectivity index (χ2v) is 6.38. The van der Waals surface area contributed by atoms with Gasteiger partial charge in [0.15, 0.2) is 0 Å².